The molecule has 0 saturated heterocycles. The molecule has 0 aromatic heterocycles. The van der Waals surface area contributed by atoms with Crippen molar-refractivity contribution in [3.05, 3.63) is 35.1 Å². The van der Waals surface area contributed by atoms with Crippen LogP contribution < -0.4 is 0 Å². The highest BCUT2D eigenvalue weighted by Gasteiger charge is 2.35. The topological polar surface area (TPSA) is 29.5 Å². The van der Waals surface area contributed by atoms with E-state index in [4.69, 9.17) is 4.74 Å². The van der Waals surface area contributed by atoms with E-state index in [0.29, 0.717) is 11.8 Å². The fourth-order valence-electron chi connectivity index (χ4n) is 4.66. The van der Waals surface area contributed by atoms with Crippen LogP contribution in [0.5, 0.6) is 0 Å². The molecule has 1 aliphatic heterocycles. The quantitative estimate of drug-likeness (QED) is 0.281. The first-order valence-electron chi connectivity index (χ1n) is 12.1. The van der Waals surface area contributed by atoms with Gasteiger partial charge in [0.2, 0.25) is 0 Å². The highest BCUT2D eigenvalue weighted by molar-refractivity contribution is 5.31. The molecule has 0 aromatic carbocycles. The minimum absolute atomic E-state index is 0.0300. The highest BCUT2D eigenvalue weighted by Crippen LogP contribution is 2.42. The van der Waals surface area contributed by atoms with Gasteiger partial charge < -0.3 is 9.84 Å². The number of allylic oxidation sites excluding steroid dienone is 6. The van der Waals surface area contributed by atoms with Crippen LogP contribution in [0.4, 0.5) is 0 Å². The minimum Gasteiger partial charge on any atom is -0.491 e. The summed E-state index contributed by atoms with van der Waals surface area (Å²) in [5.41, 5.74) is 2.35. The van der Waals surface area contributed by atoms with Crippen molar-refractivity contribution in [3.8, 4) is 0 Å². The molecule has 2 aliphatic rings. The Kier molecular flexibility index (Phi) is 9.07. The Labute approximate surface area is 180 Å². The Balaban J connectivity index is 1.75. The van der Waals surface area contributed by atoms with Gasteiger partial charge in [-0.1, -0.05) is 63.8 Å². The molecule has 2 nitrogen and oxygen atoms in total. The fraction of sp³-hybridized carbons (Fsp3) is 0.778. The molecule has 0 radical (unpaired) electrons. The Hall–Kier alpha value is -1.02. The van der Waals surface area contributed by atoms with Crippen molar-refractivity contribution in [2.75, 3.05) is 0 Å². The Morgan fingerprint density at radius 1 is 1.28 bits per heavy atom. The lowest BCUT2D eigenvalue weighted by Gasteiger charge is -2.41. The Morgan fingerprint density at radius 2 is 2.00 bits per heavy atom. The van der Waals surface area contributed by atoms with E-state index >= 15 is 0 Å². The Bertz CT molecular complexity index is 610. The molecule has 0 spiro atoms. The van der Waals surface area contributed by atoms with Crippen molar-refractivity contribution in [3.63, 3.8) is 0 Å². The number of aliphatic hydroxyl groups is 1. The van der Waals surface area contributed by atoms with Gasteiger partial charge in [-0.05, 0) is 83.6 Å². The molecule has 4 unspecified atom stereocenters. The molecular weight excluding hydrogens is 356 g/mol. The maximum absolute atomic E-state index is 10.5. The molecule has 166 valence electrons. The van der Waals surface area contributed by atoms with Gasteiger partial charge in [-0.2, -0.15) is 0 Å². The number of hydrogen-bond donors (Lipinski definition) is 1. The normalized spacial score (nSPS) is 29.4. The van der Waals surface area contributed by atoms with Crippen LogP contribution in [-0.4, -0.2) is 16.3 Å². The minimum atomic E-state index is -0.493. The molecule has 2 heteroatoms. The van der Waals surface area contributed by atoms with Gasteiger partial charge in [0.1, 0.15) is 11.4 Å². The zero-order valence-electron chi connectivity index (χ0n) is 20.0. The molecule has 1 heterocycles. The number of ether oxygens (including phenoxy) is 1. The molecule has 0 aromatic rings. The van der Waals surface area contributed by atoms with Crippen molar-refractivity contribution < 1.29 is 9.84 Å². The maximum atomic E-state index is 10.5. The van der Waals surface area contributed by atoms with E-state index in [0.717, 1.165) is 57.8 Å². The average Bonchev–Trinajstić information content (AvgIpc) is 2.65. The van der Waals surface area contributed by atoms with Gasteiger partial charge >= 0.3 is 0 Å². The molecule has 2 rings (SSSR count). The first kappa shape index (κ1) is 24.3. The molecule has 4 atom stereocenters. The summed E-state index contributed by atoms with van der Waals surface area (Å²) in [5.74, 6) is 2.31. The third-order valence-electron chi connectivity index (χ3n) is 7.17. The van der Waals surface area contributed by atoms with E-state index in [2.05, 4.69) is 52.8 Å². The number of hydrogen-bond acceptors (Lipinski definition) is 2. The molecule has 29 heavy (non-hydrogen) atoms. The number of unbranched alkanes of at least 4 members (excludes halogenated alkanes) is 2. The van der Waals surface area contributed by atoms with Gasteiger partial charge in [-0.25, -0.2) is 0 Å². The second-order valence-electron chi connectivity index (χ2n) is 10.3. The summed E-state index contributed by atoms with van der Waals surface area (Å²) in [6.45, 7) is 13.3. The van der Waals surface area contributed by atoms with E-state index in [9.17, 15) is 5.11 Å². The zero-order chi connectivity index (χ0) is 21.5. The second-order valence-corrected chi connectivity index (χ2v) is 10.3. The van der Waals surface area contributed by atoms with Crippen LogP contribution in [-0.2, 0) is 4.74 Å². The SMILES string of the molecule is CCCCCC(C)(O)CCC/C(C)=C/CCC1(C)CCC2=C(O1)C(C)C(C)C=C2. The van der Waals surface area contributed by atoms with Gasteiger partial charge in [-0.15, -0.1) is 0 Å². The maximum Gasteiger partial charge on any atom is 0.106 e. The van der Waals surface area contributed by atoms with Crippen molar-refractivity contribution >= 4 is 0 Å². The monoisotopic (exact) mass is 402 g/mol. The van der Waals surface area contributed by atoms with E-state index < -0.39 is 5.60 Å². The summed E-state index contributed by atoms with van der Waals surface area (Å²) in [6.07, 6.45) is 19.0. The summed E-state index contributed by atoms with van der Waals surface area (Å²) < 4.78 is 6.58. The van der Waals surface area contributed by atoms with Crippen molar-refractivity contribution in [2.45, 2.75) is 123 Å². The standard InChI is InChI=1S/C27H46O2/c1-7-8-9-17-26(5,28)18-10-12-21(2)13-11-19-27(6)20-16-24-15-14-22(3)23(4)25(24)29-27/h13-15,22-23,28H,7-12,16-20H2,1-6H3/b21-13+. The molecule has 0 saturated carbocycles. The predicted molar refractivity (Wildman–Crippen MR) is 125 cm³/mol. The summed E-state index contributed by atoms with van der Waals surface area (Å²) in [5, 5.41) is 10.5. The smallest absolute Gasteiger partial charge is 0.106 e. The van der Waals surface area contributed by atoms with Crippen molar-refractivity contribution in [2.24, 2.45) is 11.8 Å². The first-order valence-corrected chi connectivity index (χ1v) is 12.1. The lowest BCUT2D eigenvalue weighted by atomic mass is 9.80. The van der Waals surface area contributed by atoms with Crippen molar-refractivity contribution in [1.29, 1.82) is 0 Å². The predicted octanol–water partition coefficient (Wildman–Crippen LogP) is 7.88. The van der Waals surface area contributed by atoms with Crippen LogP contribution in [0.15, 0.2) is 35.1 Å². The van der Waals surface area contributed by atoms with E-state index in [1.54, 1.807) is 0 Å². The number of rotatable bonds is 11. The zero-order valence-corrected chi connectivity index (χ0v) is 20.0. The van der Waals surface area contributed by atoms with Gasteiger partial charge in [0, 0.05) is 5.92 Å². The van der Waals surface area contributed by atoms with Crippen LogP contribution in [0.3, 0.4) is 0 Å². The highest BCUT2D eigenvalue weighted by atomic mass is 16.5. The second kappa shape index (κ2) is 10.8. The lowest BCUT2D eigenvalue weighted by molar-refractivity contribution is -0.0261. The molecule has 0 amide bonds. The summed E-state index contributed by atoms with van der Waals surface area (Å²) in [4.78, 5) is 0. The fourth-order valence-corrected chi connectivity index (χ4v) is 4.66. The van der Waals surface area contributed by atoms with E-state index in [-0.39, 0.29) is 5.60 Å². The summed E-state index contributed by atoms with van der Waals surface area (Å²) in [7, 11) is 0. The molecular formula is C27H46O2. The lowest BCUT2D eigenvalue weighted by Crippen LogP contribution is -2.35. The molecule has 1 N–H and O–H groups in total. The van der Waals surface area contributed by atoms with Crippen LogP contribution in [0.2, 0.25) is 0 Å². The Morgan fingerprint density at radius 3 is 2.72 bits per heavy atom. The summed E-state index contributed by atoms with van der Waals surface area (Å²) >= 11 is 0. The van der Waals surface area contributed by atoms with Crippen LogP contribution in [0.1, 0.15) is 112 Å². The largest absolute Gasteiger partial charge is 0.491 e. The molecule has 1 aliphatic carbocycles. The first-order chi connectivity index (χ1) is 13.7. The summed E-state index contributed by atoms with van der Waals surface area (Å²) in [6, 6.07) is 0. The van der Waals surface area contributed by atoms with Gasteiger partial charge in [-0.3, -0.25) is 0 Å². The third kappa shape index (κ3) is 7.63. The van der Waals surface area contributed by atoms with E-state index in [1.807, 2.05) is 6.92 Å². The van der Waals surface area contributed by atoms with Crippen LogP contribution in [0, 0.1) is 11.8 Å². The molecule has 0 fully saturated rings. The van der Waals surface area contributed by atoms with Crippen molar-refractivity contribution in [1.82, 2.24) is 0 Å². The average molecular weight is 403 g/mol. The van der Waals surface area contributed by atoms with Crippen LogP contribution >= 0.6 is 0 Å². The van der Waals surface area contributed by atoms with Gasteiger partial charge in [0.15, 0.2) is 0 Å². The van der Waals surface area contributed by atoms with Crippen LogP contribution in [0.25, 0.3) is 0 Å². The third-order valence-corrected chi connectivity index (χ3v) is 7.17. The molecule has 0 bridgehead atoms. The van der Waals surface area contributed by atoms with Gasteiger partial charge in [0.05, 0.1) is 5.60 Å². The van der Waals surface area contributed by atoms with Gasteiger partial charge in [0.25, 0.3) is 0 Å². The van der Waals surface area contributed by atoms with E-state index in [1.165, 1.54) is 29.7 Å².